The van der Waals surface area contributed by atoms with E-state index in [2.05, 4.69) is 244 Å². The Morgan fingerprint density at radius 3 is 0.960 bits per heavy atom. The van der Waals surface area contributed by atoms with Crippen LogP contribution >= 0.6 is 0 Å². The summed E-state index contributed by atoms with van der Waals surface area (Å²) in [5.74, 6) is 1.83. The zero-order valence-corrected chi connectivity index (χ0v) is 40.6. The van der Waals surface area contributed by atoms with Gasteiger partial charge in [-0.15, -0.1) is 0 Å². The minimum Gasteiger partial charge on any atom is -0.309 e. The number of hydrogen-bond donors (Lipinski definition) is 0. The van der Waals surface area contributed by atoms with E-state index in [1.165, 1.54) is 43.6 Å². The molecule has 0 atom stereocenters. The fourth-order valence-electron chi connectivity index (χ4n) is 11.5. The molecule has 350 valence electrons. The van der Waals surface area contributed by atoms with Gasteiger partial charge in [0.15, 0.2) is 17.5 Å². The highest BCUT2D eigenvalue weighted by molar-refractivity contribution is 6.14. The number of para-hydroxylation sites is 4. The fraction of sp³-hybridized carbons (Fsp3) is 0. The molecule has 0 aliphatic rings. The van der Waals surface area contributed by atoms with Gasteiger partial charge in [-0.25, -0.2) is 15.0 Å². The second-order valence-electron chi connectivity index (χ2n) is 19.2. The average Bonchev–Trinajstić information content (AvgIpc) is 4.15. The highest BCUT2D eigenvalue weighted by atomic mass is 15.0. The fourth-order valence-corrected chi connectivity index (χ4v) is 11.5. The van der Waals surface area contributed by atoms with Crippen LogP contribution in [0.2, 0.25) is 0 Å². The van der Waals surface area contributed by atoms with Crippen LogP contribution < -0.4 is 0 Å². The monoisotopic (exact) mass is 956 g/mol. The van der Waals surface area contributed by atoms with Crippen molar-refractivity contribution >= 4 is 65.4 Å². The molecular formula is C69H44N6. The van der Waals surface area contributed by atoms with Crippen molar-refractivity contribution in [1.29, 1.82) is 0 Å². The molecule has 75 heavy (non-hydrogen) atoms. The number of aromatic nitrogens is 6. The molecule has 0 bridgehead atoms. The van der Waals surface area contributed by atoms with Crippen molar-refractivity contribution in [3.8, 4) is 73.5 Å². The summed E-state index contributed by atoms with van der Waals surface area (Å²) < 4.78 is 7.32. The van der Waals surface area contributed by atoms with Gasteiger partial charge in [0.05, 0.1) is 38.8 Å². The van der Waals surface area contributed by atoms with E-state index in [0.29, 0.717) is 17.5 Å². The van der Waals surface area contributed by atoms with E-state index >= 15 is 0 Å². The van der Waals surface area contributed by atoms with Crippen LogP contribution in [0, 0.1) is 0 Å². The third kappa shape index (κ3) is 6.92. The van der Waals surface area contributed by atoms with Crippen LogP contribution in [0.1, 0.15) is 0 Å². The maximum absolute atomic E-state index is 5.33. The van der Waals surface area contributed by atoms with Crippen molar-refractivity contribution in [2.24, 2.45) is 0 Å². The molecule has 11 aromatic carbocycles. The lowest BCUT2D eigenvalue weighted by Gasteiger charge is -2.20. The minimum absolute atomic E-state index is 0.596. The molecular weight excluding hydrogens is 913 g/mol. The van der Waals surface area contributed by atoms with Crippen molar-refractivity contribution in [2.75, 3.05) is 0 Å². The lowest BCUT2D eigenvalue weighted by molar-refractivity contribution is 1.07. The van der Waals surface area contributed by atoms with Crippen molar-refractivity contribution in [2.45, 2.75) is 0 Å². The molecule has 15 aromatic rings. The van der Waals surface area contributed by atoms with Crippen molar-refractivity contribution < 1.29 is 0 Å². The summed E-state index contributed by atoms with van der Waals surface area (Å²) in [6, 6.07) is 95.5. The number of fused-ring (bicyclic) bond motifs is 9. The largest absolute Gasteiger partial charge is 0.309 e. The normalized spacial score (nSPS) is 11.7. The van der Waals surface area contributed by atoms with Crippen LogP contribution in [0.3, 0.4) is 0 Å². The van der Waals surface area contributed by atoms with E-state index < -0.39 is 0 Å². The first-order valence-corrected chi connectivity index (χ1v) is 25.4. The van der Waals surface area contributed by atoms with E-state index in [1.807, 2.05) is 36.4 Å². The molecule has 6 heteroatoms. The summed E-state index contributed by atoms with van der Waals surface area (Å²) in [6.07, 6.45) is 0. The van der Waals surface area contributed by atoms with Gasteiger partial charge in [-0.1, -0.05) is 194 Å². The topological polar surface area (TPSA) is 53.5 Å². The molecule has 0 amide bonds. The number of rotatable bonds is 8. The van der Waals surface area contributed by atoms with E-state index in [-0.39, 0.29) is 0 Å². The zero-order chi connectivity index (χ0) is 49.4. The molecule has 4 aromatic heterocycles. The maximum Gasteiger partial charge on any atom is 0.164 e. The van der Waals surface area contributed by atoms with Crippen LogP contribution in [-0.4, -0.2) is 28.7 Å². The number of hydrogen-bond acceptors (Lipinski definition) is 3. The molecule has 15 rings (SSSR count). The van der Waals surface area contributed by atoms with Gasteiger partial charge in [-0.2, -0.15) is 0 Å². The molecule has 0 spiro atoms. The quantitative estimate of drug-likeness (QED) is 0.152. The standard InChI is InChI=1S/C69H44N6/c1-5-21-45(22-6-1)55-44-66(56(46-23-7-2-8-24-46)43-59(55)69-71-67(47-25-9-3-10-26-47)70-68(72-69)48-27-11-4-12-28-48)75-64-39-37-49(73-60-33-17-13-29-51(60)52-30-14-18-34-61(52)73)41-57(64)58-42-50(38-40-65(58)75)74-62-35-19-15-31-53(62)54-32-16-20-36-63(54)74/h1-44H. The summed E-state index contributed by atoms with van der Waals surface area (Å²) in [4.78, 5) is 15.8. The van der Waals surface area contributed by atoms with E-state index in [4.69, 9.17) is 15.0 Å². The zero-order valence-electron chi connectivity index (χ0n) is 40.6. The van der Waals surface area contributed by atoms with Crippen LogP contribution in [-0.2, 0) is 0 Å². The second-order valence-corrected chi connectivity index (χ2v) is 19.2. The average molecular weight is 957 g/mol. The summed E-state index contributed by atoms with van der Waals surface area (Å²) in [5.41, 5.74) is 17.1. The Morgan fingerprint density at radius 1 is 0.213 bits per heavy atom. The van der Waals surface area contributed by atoms with Gasteiger partial charge in [-0.3, -0.25) is 0 Å². The molecule has 0 fully saturated rings. The SMILES string of the molecule is c1ccc(-c2nc(-c3ccccc3)nc(-c3cc(-c4ccccc4)c(-n4c5ccc(-n6c7ccccc7c7ccccc76)cc5c5cc(-n6c7ccccc7c7ccccc76)ccc54)cc3-c3ccccc3)n2)cc1. The van der Waals surface area contributed by atoms with Crippen LogP contribution in [0.5, 0.6) is 0 Å². The summed E-state index contributed by atoms with van der Waals surface area (Å²) in [7, 11) is 0. The lowest BCUT2D eigenvalue weighted by Crippen LogP contribution is -2.04. The van der Waals surface area contributed by atoms with Crippen LogP contribution in [0.25, 0.3) is 139 Å². The summed E-state index contributed by atoms with van der Waals surface area (Å²) in [6.45, 7) is 0. The molecule has 0 N–H and O–H groups in total. The van der Waals surface area contributed by atoms with Gasteiger partial charge in [0.2, 0.25) is 0 Å². The van der Waals surface area contributed by atoms with E-state index in [9.17, 15) is 0 Å². The summed E-state index contributed by atoms with van der Waals surface area (Å²) >= 11 is 0. The molecule has 4 heterocycles. The Hall–Kier alpha value is -10.2. The van der Waals surface area contributed by atoms with Gasteiger partial charge in [0.1, 0.15) is 0 Å². The smallest absolute Gasteiger partial charge is 0.164 e. The first-order chi connectivity index (χ1) is 37.2. The van der Waals surface area contributed by atoms with Gasteiger partial charge >= 0.3 is 0 Å². The Kier molecular flexibility index (Phi) is 9.78. The lowest BCUT2D eigenvalue weighted by atomic mass is 9.92. The minimum atomic E-state index is 0.596. The van der Waals surface area contributed by atoms with E-state index in [0.717, 1.165) is 77.8 Å². The first kappa shape index (κ1) is 42.5. The Morgan fingerprint density at radius 2 is 0.547 bits per heavy atom. The highest BCUT2D eigenvalue weighted by Crippen LogP contribution is 2.45. The van der Waals surface area contributed by atoms with Gasteiger partial charge in [-0.05, 0) is 89.5 Å². The van der Waals surface area contributed by atoms with Gasteiger partial charge in [0.25, 0.3) is 0 Å². The van der Waals surface area contributed by atoms with Gasteiger partial charge < -0.3 is 13.7 Å². The number of benzene rings is 11. The molecule has 0 saturated carbocycles. The maximum atomic E-state index is 5.33. The molecule has 0 radical (unpaired) electrons. The Balaban J connectivity index is 1.05. The third-order valence-electron chi connectivity index (χ3n) is 14.9. The predicted octanol–water partition coefficient (Wildman–Crippen LogP) is 17.5. The van der Waals surface area contributed by atoms with Crippen molar-refractivity contribution in [3.05, 3.63) is 267 Å². The first-order valence-electron chi connectivity index (χ1n) is 25.4. The van der Waals surface area contributed by atoms with Crippen molar-refractivity contribution in [3.63, 3.8) is 0 Å². The molecule has 0 saturated heterocycles. The number of nitrogens with zero attached hydrogens (tertiary/aromatic N) is 6. The molecule has 0 aliphatic carbocycles. The molecule has 0 aliphatic heterocycles. The molecule has 6 nitrogen and oxygen atoms in total. The van der Waals surface area contributed by atoms with Crippen molar-refractivity contribution in [1.82, 2.24) is 28.7 Å². The van der Waals surface area contributed by atoms with Crippen LogP contribution in [0.15, 0.2) is 267 Å². The third-order valence-corrected chi connectivity index (χ3v) is 14.9. The van der Waals surface area contributed by atoms with Gasteiger partial charge in [0, 0.05) is 65.9 Å². The van der Waals surface area contributed by atoms with Crippen LogP contribution in [0.4, 0.5) is 0 Å². The Bertz CT molecular complexity index is 4350. The summed E-state index contributed by atoms with van der Waals surface area (Å²) in [5, 5.41) is 7.22. The Labute approximate surface area is 432 Å². The predicted molar refractivity (Wildman–Crippen MR) is 310 cm³/mol. The molecule has 0 unspecified atom stereocenters. The van der Waals surface area contributed by atoms with E-state index in [1.54, 1.807) is 0 Å². The second kappa shape index (κ2) is 17.3. The highest BCUT2D eigenvalue weighted by Gasteiger charge is 2.24.